The van der Waals surface area contributed by atoms with E-state index in [1.54, 1.807) is 18.1 Å². The van der Waals surface area contributed by atoms with Gasteiger partial charge in [-0.25, -0.2) is 4.79 Å². The van der Waals surface area contributed by atoms with E-state index in [0.29, 0.717) is 19.7 Å². The highest BCUT2D eigenvalue weighted by Gasteiger charge is 2.33. The van der Waals surface area contributed by atoms with Gasteiger partial charge in [0.05, 0.1) is 32.3 Å². The predicted octanol–water partition coefficient (Wildman–Crippen LogP) is 3.11. The molecule has 0 unspecified atom stereocenters. The molecule has 0 bridgehead atoms. The third-order valence-corrected chi connectivity index (χ3v) is 4.79. The zero-order valence-corrected chi connectivity index (χ0v) is 15.8. The van der Waals surface area contributed by atoms with Crippen LogP contribution < -0.4 is 14.8 Å². The fourth-order valence-electron chi connectivity index (χ4n) is 3.52. The Morgan fingerprint density at radius 3 is 3.00 bits per heavy atom. The Labute approximate surface area is 155 Å². The summed E-state index contributed by atoms with van der Waals surface area (Å²) < 4.78 is 17.1. The molecule has 142 valence electrons. The van der Waals surface area contributed by atoms with Crippen LogP contribution in [0.4, 0.5) is 4.79 Å². The summed E-state index contributed by atoms with van der Waals surface area (Å²) in [4.78, 5) is 14.7. The van der Waals surface area contributed by atoms with Crippen molar-refractivity contribution in [1.82, 2.24) is 10.2 Å². The highest BCUT2D eigenvalue weighted by atomic mass is 16.5. The summed E-state index contributed by atoms with van der Waals surface area (Å²) in [6.45, 7) is 9.47. The SMILES string of the molecule is C=C[C@@H]1OCCC[C@H]1NC(=O)N1Cc2ccc(OC)cc2OC(C)(C)C1. The van der Waals surface area contributed by atoms with Crippen LogP contribution in [0.5, 0.6) is 11.5 Å². The Morgan fingerprint density at radius 2 is 2.27 bits per heavy atom. The lowest BCUT2D eigenvalue weighted by molar-refractivity contribution is 0.0208. The number of carbonyl (C=O) groups excluding carboxylic acids is 1. The van der Waals surface area contributed by atoms with Crippen molar-refractivity contribution in [2.75, 3.05) is 20.3 Å². The number of hydrogen-bond acceptors (Lipinski definition) is 4. The predicted molar refractivity (Wildman–Crippen MR) is 99.6 cm³/mol. The molecule has 1 aromatic rings. The molecular weight excluding hydrogens is 332 g/mol. The second-order valence-electron chi connectivity index (χ2n) is 7.46. The number of amides is 2. The van der Waals surface area contributed by atoms with E-state index < -0.39 is 5.60 Å². The van der Waals surface area contributed by atoms with E-state index >= 15 is 0 Å². The molecule has 0 radical (unpaired) electrons. The summed E-state index contributed by atoms with van der Waals surface area (Å²) in [5.74, 6) is 1.50. The van der Waals surface area contributed by atoms with Gasteiger partial charge in [-0.15, -0.1) is 6.58 Å². The fourth-order valence-corrected chi connectivity index (χ4v) is 3.52. The number of fused-ring (bicyclic) bond motifs is 1. The maximum absolute atomic E-state index is 12.9. The van der Waals surface area contributed by atoms with Gasteiger partial charge >= 0.3 is 6.03 Å². The zero-order chi connectivity index (χ0) is 18.7. The highest BCUT2D eigenvalue weighted by molar-refractivity contribution is 5.75. The first kappa shape index (κ1) is 18.6. The molecule has 1 aromatic carbocycles. The summed E-state index contributed by atoms with van der Waals surface area (Å²) in [5, 5.41) is 3.12. The number of nitrogens with one attached hydrogen (secondary N) is 1. The minimum atomic E-state index is -0.504. The number of benzene rings is 1. The van der Waals surface area contributed by atoms with Crippen molar-refractivity contribution in [2.24, 2.45) is 0 Å². The zero-order valence-electron chi connectivity index (χ0n) is 15.8. The molecule has 2 amide bonds. The standard InChI is InChI=1S/C20H28N2O4/c1-5-17-16(7-6-10-25-17)21-19(23)22-12-14-8-9-15(24-4)11-18(14)26-20(2,3)13-22/h5,8-9,11,16-17H,1,6-7,10,12-13H2,2-4H3,(H,21,23)/t16-,17+/m1/s1. The van der Waals surface area contributed by atoms with E-state index in [1.165, 1.54) is 0 Å². The lowest BCUT2D eigenvalue weighted by Gasteiger charge is -2.34. The molecule has 2 aliphatic rings. The van der Waals surface area contributed by atoms with Crippen LogP contribution in [0, 0.1) is 0 Å². The quantitative estimate of drug-likeness (QED) is 0.842. The molecular formula is C20H28N2O4. The Hall–Kier alpha value is -2.21. The average Bonchev–Trinajstić information content (AvgIpc) is 2.75. The normalized spacial score (nSPS) is 24.7. The van der Waals surface area contributed by atoms with Crippen LogP contribution in [0.25, 0.3) is 0 Å². The van der Waals surface area contributed by atoms with Crippen LogP contribution in [0.2, 0.25) is 0 Å². The van der Waals surface area contributed by atoms with E-state index in [9.17, 15) is 4.79 Å². The summed E-state index contributed by atoms with van der Waals surface area (Å²) in [6, 6.07) is 5.57. The Morgan fingerprint density at radius 1 is 1.46 bits per heavy atom. The summed E-state index contributed by atoms with van der Waals surface area (Å²) in [6.07, 6.45) is 3.46. The molecule has 6 nitrogen and oxygen atoms in total. The van der Waals surface area contributed by atoms with E-state index in [2.05, 4.69) is 11.9 Å². The smallest absolute Gasteiger partial charge is 0.318 e. The van der Waals surface area contributed by atoms with Crippen molar-refractivity contribution >= 4 is 6.03 Å². The average molecular weight is 360 g/mol. The van der Waals surface area contributed by atoms with E-state index in [4.69, 9.17) is 14.2 Å². The fraction of sp³-hybridized carbons (Fsp3) is 0.550. The van der Waals surface area contributed by atoms with Gasteiger partial charge in [0.25, 0.3) is 0 Å². The molecule has 2 atom stereocenters. The van der Waals surface area contributed by atoms with Crippen molar-refractivity contribution in [3.8, 4) is 11.5 Å². The number of carbonyl (C=O) groups is 1. The van der Waals surface area contributed by atoms with E-state index in [0.717, 1.165) is 29.9 Å². The van der Waals surface area contributed by atoms with Crippen LogP contribution in [-0.2, 0) is 11.3 Å². The third kappa shape index (κ3) is 4.12. The second-order valence-corrected chi connectivity index (χ2v) is 7.46. The first-order valence-corrected chi connectivity index (χ1v) is 9.07. The molecule has 26 heavy (non-hydrogen) atoms. The maximum atomic E-state index is 12.9. The van der Waals surface area contributed by atoms with Crippen molar-refractivity contribution in [3.05, 3.63) is 36.4 Å². The number of ether oxygens (including phenoxy) is 3. The van der Waals surface area contributed by atoms with Gasteiger partial charge in [-0.2, -0.15) is 0 Å². The molecule has 1 fully saturated rings. The van der Waals surface area contributed by atoms with Crippen LogP contribution in [0.15, 0.2) is 30.9 Å². The molecule has 0 aromatic heterocycles. The number of rotatable bonds is 3. The molecule has 3 rings (SSSR count). The van der Waals surface area contributed by atoms with Crippen LogP contribution >= 0.6 is 0 Å². The molecule has 2 aliphatic heterocycles. The van der Waals surface area contributed by atoms with Gasteiger partial charge in [0, 0.05) is 18.2 Å². The molecule has 0 spiro atoms. The Balaban J connectivity index is 1.78. The molecule has 0 aliphatic carbocycles. The van der Waals surface area contributed by atoms with Gasteiger partial charge in [-0.3, -0.25) is 0 Å². The molecule has 2 heterocycles. The highest BCUT2D eigenvalue weighted by Crippen LogP contribution is 2.32. The first-order chi connectivity index (χ1) is 12.4. The molecule has 1 saturated heterocycles. The van der Waals surface area contributed by atoms with Gasteiger partial charge in [-0.1, -0.05) is 6.08 Å². The molecule has 6 heteroatoms. The number of methoxy groups -OCH3 is 1. The van der Waals surface area contributed by atoms with Gasteiger partial charge in [0.15, 0.2) is 0 Å². The minimum Gasteiger partial charge on any atom is -0.497 e. The number of nitrogens with zero attached hydrogens (tertiary/aromatic N) is 1. The Bertz CT molecular complexity index is 674. The summed E-state index contributed by atoms with van der Waals surface area (Å²) in [7, 11) is 1.63. The topological polar surface area (TPSA) is 60.0 Å². The lowest BCUT2D eigenvalue weighted by Crippen LogP contribution is -2.53. The van der Waals surface area contributed by atoms with Gasteiger partial charge in [0.2, 0.25) is 0 Å². The first-order valence-electron chi connectivity index (χ1n) is 9.07. The Kier molecular flexibility index (Phi) is 5.41. The van der Waals surface area contributed by atoms with Crippen molar-refractivity contribution < 1.29 is 19.0 Å². The third-order valence-electron chi connectivity index (χ3n) is 4.79. The van der Waals surface area contributed by atoms with Gasteiger partial charge in [-0.05, 0) is 38.8 Å². The summed E-state index contributed by atoms with van der Waals surface area (Å²) >= 11 is 0. The van der Waals surface area contributed by atoms with E-state index in [-0.39, 0.29) is 18.2 Å². The van der Waals surface area contributed by atoms with E-state index in [1.807, 2.05) is 32.0 Å². The van der Waals surface area contributed by atoms with Gasteiger partial charge < -0.3 is 24.4 Å². The van der Waals surface area contributed by atoms with Crippen molar-refractivity contribution in [1.29, 1.82) is 0 Å². The van der Waals surface area contributed by atoms with Crippen LogP contribution in [0.3, 0.4) is 0 Å². The number of urea groups is 1. The summed E-state index contributed by atoms with van der Waals surface area (Å²) in [5.41, 5.74) is 0.460. The van der Waals surface area contributed by atoms with Crippen molar-refractivity contribution in [3.63, 3.8) is 0 Å². The second kappa shape index (κ2) is 7.58. The lowest BCUT2D eigenvalue weighted by atomic mass is 10.0. The van der Waals surface area contributed by atoms with Crippen molar-refractivity contribution in [2.45, 2.75) is 51.0 Å². The largest absolute Gasteiger partial charge is 0.497 e. The number of hydrogen-bond donors (Lipinski definition) is 1. The molecule has 0 saturated carbocycles. The van der Waals surface area contributed by atoms with Crippen LogP contribution in [-0.4, -0.2) is 48.9 Å². The maximum Gasteiger partial charge on any atom is 0.318 e. The minimum absolute atomic E-state index is 0.0450. The monoisotopic (exact) mass is 360 g/mol. The van der Waals surface area contributed by atoms with Gasteiger partial charge in [0.1, 0.15) is 17.1 Å². The van der Waals surface area contributed by atoms with Crippen LogP contribution in [0.1, 0.15) is 32.3 Å². The molecule has 1 N–H and O–H groups in total.